The van der Waals surface area contributed by atoms with E-state index < -0.39 is 18.0 Å². The van der Waals surface area contributed by atoms with E-state index in [0.717, 1.165) is 0 Å². The third kappa shape index (κ3) is 2.89. The fourth-order valence-corrected chi connectivity index (χ4v) is 3.09. The number of carbonyl (C=O) groups is 1. The Morgan fingerprint density at radius 2 is 2.12 bits per heavy atom. The molecule has 2 rings (SSSR count). The molecule has 0 amide bonds. The second kappa shape index (κ2) is 4.80. The van der Waals surface area contributed by atoms with Crippen molar-refractivity contribution in [3.8, 4) is 0 Å². The number of ketones is 1. The van der Waals surface area contributed by atoms with E-state index in [1.807, 2.05) is 0 Å². The van der Waals surface area contributed by atoms with Gasteiger partial charge in [0.2, 0.25) is 0 Å². The van der Waals surface area contributed by atoms with Gasteiger partial charge in [0.25, 0.3) is 0 Å². The van der Waals surface area contributed by atoms with E-state index in [0.29, 0.717) is 17.7 Å². The maximum absolute atomic E-state index is 12.6. The molecule has 0 aromatic carbocycles. The Hall–Kier alpha value is -0.840. The highest BCUT2D eigenvalue weighted by molar-refractivity contribution is 7.12. The Balaban J connectivity index is 2.05. The van der Waals surface area contributed by atoms with Gasteiger partial charge in [-0.3, -0.25) is 4.79 Å². The Labute approximate surface area is 102 Å². The van der Waals surface area contributed by atoms with Gasteiger partial charge in [-0.15, -0.1) is 11.3 Å². The molecule has 1 nitrogen and oxygen atoms in total. The topological polar surface area (TPSA) is 17.1 Å². The standard InChI is InChI=1S/C12H13F3OS/c13-12(14,15)9-4-1-3-8(7-9)11(16)10-5-2-6-17-10/h2,5-6,8-9H,1,3-4,7H2. The van der Waals surface area contributed by atoms with E-state index in [-0.39, 0.29) is 18.6 Å². The first-order valence-electron chi connectivity index (χ1n) is 5.63. The minimum absolute atomic E-state index is 0.0414. The van der Waals surface area contributed by atoms with Gasteiger partial charge in [-0.2, -0.15) is 13.2 Å². The van der Waals surface area contributed by atoms with Crippen molar-refractivity contribution < 1.29 is 18.0 Å². The number of hydrogen-bond donors (Lipinski definition) is 0. The molecule has 0 bridgehead atoms. The molecule has 1 aromatic heterocycles. The molecule has 0 saturated heterocycles. The molecule has 1 saturated carbocycles. The van der Waals surface area contributed by atoms with Gasteiger partial charge in [-0.25, -0.2) is 0 Å². The van der Waals surface area contributed by atoms with Crippen molar-refractivity contribution in [3.05, 3.63) is 22.4 Å². The lowest BCUT2D eigenvalue weighted by atomic mass is 9.79. The predicted molar refractivity (Wildman–Crippen MR) is 60.2 cm³/mol. The summed E-state index contributed by atoms with van der Waals surface area (Å²) >= 11 is 1.30. The lowest BCUT2D eigenvalue weighted by Crippen LogP contribution is -2.31. The Kier molecular flexibility index (Phi) is 3.56. The Morgan fingerprint density at radius 1 is 1.35 bits per heavy atom. The Morgan fingerprint density at radius 3 is 2.71 bits per heavy atom. The molecular weight excluding hydrogens is 249 g/mol. The van der Waals surface area contributed by atoms with Crippen molar-refractivity contribution in [3.63, 3.8) is 0 Å². The third-order valence-electron chi connectivity index (χ3n) is 3.27. The number of rotatable bonds is 2. The van der Waals surface area contributed by atoms with Crippen LogP contribution in [0.2, 0.25) is 0 Å². The third-order valence-corrected chi connectivity index (χ3v) is 4.16. The van der Waals surface area contributed by atoms with Crippen molar-refractivity contribution >= 4 is 17.1 Å². The number of halogens is 3. The predicted octanol–water partition coefficient (Wildman–Crippen LogP) is 4.30. The molecule has 0 aliphatic heterocycles. The lowest BCUT2D eigenvalue weighted by Gasteiger charge is -2.29. The molecule has 1 heterocycles. The molecule has 2 unspecified atom stereocenters. The first kappa shape index (κ1) is 12.6. The van der Waals surface area contributed by atoms with Gasteiger partial charge >= 0.3 is 6.18 Å². The van der Waals surface area contributed by atoms with Gasteiger partial charge in [-0.05, 0) is 30.7 Å². The van der Waals surface area contributed by atoms with Gasteiger partial charge in [0.1, 0.15) is 0 Å². The SMILES string of the molecule is O=C(c1cccs1)C1CCCC(C(F)(F)F)C1. The van der Waals surface area contributed by atoms with E-state index in [4.69, 9.17) is 0 Å². The smallest absolute Gasteiger partial charge is 0.293 e. The van der Waals surface area contributed by atoms with Gasteiger partial charge in [0, 0.05) is 5.92 Å². The van der Waals surface area contributed by atoms with E-state index in [1.54, 1.807) is 17.5 Å². The second-order valence-electron chi connectivity index (χ2n) is 4.44. The summed E-state index contributed by atoms with van der Waals surface area (Å²) in [7, 11) is 0. The maximum Gasteiger partial charge on any atom is 0.391 e. The fourth-order valence-electron chi connectivity index (χ4n) is 2.35. The normalized spacial score (nSPS) is 25.8. The van der Waals surface area contributed by atoms with Crippen LogP contribution in [0.25, 0.3) is 0 Å². The zero-order valence-corrected chi connectivity index (χ0v) is 9.98. The molecule has 1 fully saturated rings. The van der Waals surface area contributed by atoms with Crippen molar-refractivity contribution in [2.45, 2.75) is 31.9 Å². The first-order chi connectivity index (χ1) is 7.98. The van der Waals surface area contributed by atoms with Crippen molar-refractivity contribution in [1.82, 2.24) is 0 Å². The highest BCUT2D eigenvalue weighted by Crippen LogP contribution is 2.41. The highest BCUT2D eigenvalue weighted by Gasteiger charge is 2.43. The molecule has 0 spiro atoms. The average molecular weight is 262 g/mol. The minimum atomic E-state index is -4.16. The van der Waals surface area contributed by atoms with E-state index in [2.05, 4.69) is 0 Å². The molecular formula is C12H13F3OS. The highest BCUT2D eigenvalue weighted by atomic mass is 32.1. The molecule has 2 atom stereocenters. The largest absolute Gasteiger partial charge is 0.391 e. The van der Waals surface area contributed by atoms with E-state index >= 15 is 0 Å². The summed E-state index contributed by atoms with van der Waals surface area (Å²) in [5.41, 5.74) is 0. The number of Topliss-reactive ketones (excluding diaryl/α,β-unsaturated/α-hetero) is 1. The summed E-state index contributed by atoms with van der Waals surface area (Å²) < 4.78 is 37.8. The van der Waals surface area contributed by atoms with Crippen LogP contribution in [0.5, 0.6) is 0 Å². The molecule has 0 N–H and O–H groups in total. The fraction of sp³-hybridized carbons (Fsp3) is 0.583. The van der Waals surface area contributed by atoms with Crippen LogP contribution in [0.3, 0.4) is 0 Å². The zero-order valence-electron chi connectivity index (χ0n) is 9.17. The maximum atomic E-state index is 12.6. The van der Waals surface area contributed by atoms with Crippen molar-refractivity contribution in [1.29, 1.82) is 0 Å². The van der Waals surface area contributed by atoms with Gasteiger partial charge in [-0.1, -0.05) is 12.5 Å². The monoisotopic (exact) mass is 262 g/mol. The number of alkyl halides is 3. The van der Waals surface area contributed by atoms with Crippen LogP contribution in [-0.4, -0.2) is 12.0 Å². The van der Waals surface area contributed by atoms with E-state index in [1.165, 1.54) is 11.3 Å². The second-order valence-corrected chi connectivity index (χ2v) is 5.39. The molecule has 0 radical (unpaired) electrons. The summed E-state index contributed by atoms with van der Waals surface area (Å²) in [5.74, 6) is -1.87. The van der Waals surface area contributed by atoms with Gasteiger partial charge in [0.15, 0.2) is 5.78 Å². The van der Waals surface area contributed by atoms with Gasteiger partial charge in [0.05, 0.1) is 10.8 Å². The summed E-state index contributed by atoms with van der Waals surface area (Å²) in [6.07, 6.45) is -2.96. The minimum Gasteiger partial charge on any atom is -0.293 e. The quantitative estimate of drug-likeness (QED) is 0.726. The lowest BCUT2D eigenvalue weighted by molar-refractivity contribution is -0.184. The number of hydrogen-bond acceptors (Lipinski definition) is 2. The summed E-state index contributed by atoms with van der Waals surface area (Å²) in [6.45, 7) is 0. The van der Waals surface area contributed by atoms with Crippen molar-refractivity contribution in [2.24, 2.45) is 11.8 Å². The first-order valence-corrected chi connectivity index (χ1v) is 6.51. The van der Waals surface area contributed by atoms with Crippen LogP contribution < -0.4 is 0 Å². The van der Waals surface area contributed by atoms with Crippen molar-refractivity contribution in [2.75, 3.05) is 0 Å². The summed E-state index contributed by atoms with van der Waals surface area (Å²) in [6, 6.07) is 3.44. The molecule has 94 valence electrons. The van der Waals surface area contributed by atoms with Crippen LogP contribution >= 0.6 is 11.3 Å². The van der Waals surface area contributed by atoms with Crippen LogP contribution in [-0.2, 0) is 0 Å². The van der Waals surface area contributed by atoms with Crippen LogP contribution in [0.1, 0.15) is 35.4 Å². The zero-order chi connectivity index (χ0) is 12.5. The molecule has 1 aliphatic rings. The molecule has 17 heavy (non-hydrogen) atoms. The van der Waals surface area contributed by atoms with E-state index in [9.17, 15) is 18.0 Å². The number of thiophene rings is 1. The summed E-state index contributed by atoms with van der Waals surface area (Å²) in [5, 5.41) is 1.78. The van der Waals surface area contributed by atoms with Crippen LogP contribution in [0.4, 0.5) is 13.2 Å². The Bertz CT molecular complexity index is 383. The van der Waals surface area contributed by atoms with Gasteiger partial charge < -0.3 is 0 Å². The molecule has 1 aliphatic carbocycles. The molecule has 1 aromatic rings. The summed E-state index contributed by atoms with van der Waals surface area (Å²) in [4.78, 5) is 12.6. The molecule has 5 heteroatoms. The average Bonchev–Trinajstić information content (AvgIpc) is 2.80. The van der Waals surface area contributed by atoms with Crippen LogP contribution in [0, 0.1) is 11.8 Å². The number of carbonyl (C=O) groups excluding carboxylic acids is 1. The van der Waals surface area contributed by atoms with Crippen LogP contribution in [0.15, 0.2) is 17.5 Å².